The summed E-state index contributed by atoms with van der Waals surface area (Å²) in [4.78, 5) is 33.7. The molecule has 9 heteroatoms. The van der Waals surface area contributed by atoms with Crippen molar-refractivity contribution in [2.24, 2.45) is 0 Å². The van der Waals surface area contributed by atoms with Crippen molar-refractivity contribution >= 4 is 6.41 Å². The highest BCUT2D eigenvalue weighted by molar-refractivity contribution is 5.47. The summed E-state index contributed by atoms with van der Waals surface area (Å²) in [6, 6.07) is -0.828. The molecule has 0 aromatic heterocycles. The van der Waals surface area contributed by atoms with Gasteiger partial charge in [0.1, 0.15) is 12.2 Å². The molecule has 1 aromatic rings. The second-order valence-corrected chi connectivity index (χ2v) is 5.64. The van der Waals surface area contributed by atoms with Crippen LogP contribution in [0.1, 0.15) is 26.7 Å². The number of aliphatic hydroxyl groups excluding tert-OH is 2. The third kappa shape index (κ3) is 3.42. The average molecular weight is 343 g/mol. The van der Waals surface area contributed by atoms with Crippen LogP contribution in [0.4, 0.5) is 0 Å². The lowest BCUT2D eigenvalue weighted by Gasteiger charge is -2.41. The lowest BCUT2D eigenvalue weighted by atomic mass is 9.97. The van der Waals surface area contributed by atoms with Gasteiger partial charge in [0.2, 0.25) is 24.2 Å². The number of amides is 1. The van der Waals surface area contributed by atoms with Crippen molar-refractivity contribution in [1.82, 2.24) is 5.32 Å². The molecule has 0 bridgehead atoms. The fourth-order valence-electron chi connectivity index (χ4n) is 2.46. The van der Waals surface area contributed by atoms with E-state index in [1.165, 1.54) is 0 Å². The molecule has 1 fully saturated rings. The van der Waals surface area contributed by atoms with Gasteiger partial charge in [0, 0.05) is 0 Å². The van der Waals surface area contributed by atoms with Crippen molar-refractivity contribution in [2.45, 2.75) is 57.3 Å². The average Bonchev–Trinajstić information content (AvgIpc) is 2.57. The predicted molar refractivity (Wildman–Crippen MR) is 81.7 cm³/mol. The van der Waals surface area contributed by atoms with Crippen LogP contribution in [0.3, 0.4) is 0 Å². The molecule has 1 aliphatic rings. The Morgan fingerprint density at radius 3 is 2.50 bits per heavy atom. The van der Waals surface area contributed by atoms with Gasteiger partial charge in [-0.3, -0.25) is 14.4 Å². The molecular weight excluding hydrogens is 322 g/mol. The van der Waals surface area contributed by atoms with Gasteiger partial charge in [0.05, 0.1) is 18.8 Å². The Labute approximate surface area is 137 Å². The molecular formula is C15H21NO8. The van der Waals surface area contributed by atoms with Crippen LogP contribution in [0.5, 0.6) is 11.5 Å². The van der Waals surface area contributed by atoms with Crippen molar-refractivity contribution < 1.29 is 29.2 Å². The molecule has 1 heterocycles. The summed E-state index contributed by atoms with van der Waals surface area (Å²) in [5, 5.41) is 22.4. The van der Waals surface area contributed by atoms with E-state index in [0.717, 1.165) is 6.42 Å². The monoisotopic (exact) mass is 343 g/mol. The van der Waals surface area contributed by atoms with Gasteiger partial charge >= 0.3 is 0 Å². The highest BCUT2D eigenvalue weighted by Gasteiger charge is 2.45. The summed E-state index contributed by atoms with van der Waals surface area (Å²) >= 11 is 0. The normalized spacial score (nSPS) is 30.1. The molecule has 0 saturated carbocycles. The highest BCUT2D eigenvalue weighted by atomic mass is 16.7. The molecule has 1 aliphatic heterocycles. The standard InChI is InChI=1S/C15H21NO8/c1-3-4-5-22-13-10(19)11(20)14(13)24-15-12(21)9(18)8(16-6-17)7(2)23-15/h6-9,12,15,18,21H,3-5H2,1-2H3,(H,16,17)/t7-,8-,9+,12+,15-/m1/s1. The molecule has 5 atom stereocenters. The number of rotatable bonds is 8. The minimum Gasteiger partial charge on any atom is -0.486 e. The number of ether oxygens (including phenoxy) is 3. The van der Waals surface area contributed by atoms with Crippen LogP contribution in [0.15, 0.2) is 9.59 Å². The molecule has 0 unspecified atom stereocenters. The van der Waals surface area contributed by atoms with Crippen molar-refractivity contribution in [3.63, 3.8) is 0 Å². The second kappa shape index (κ2) is 7.73. The summed E-state index contributed by atoms with van der Waals surface area (Å²) in [5.74, 6) is -0.513. The second-order valence-electron chi connectivity index (χ2n) is 5.64. The smallest absolute Gasteiger partial charge is 0.275 e. The Kier molecular flexibility index (Phi) is 5.92. The highest BCUT2D eigenvalue weighted by Crippen LogP contribution is 2.27. The summed E-state index contributed by atoms with van der Waals surface area (Å²) in [6.07, 6.45) is -2.99. The molecule has 1 amide bonds. The quantitative estimate of drug-likeness (QED) is 0.293. The van der Waals surface area contributed by atoms with Gasteiger partial charge in [-0.05, 0) is 13.3 Å². The van der Waals surface area contributed by atoms with E-state index in [0.29, 0.717) is 12.8 Å². The third-order valence-electron chi connectivity index (χ3n) is 3.91. The van der Waals surface area contributed by atoms with E-state index < -0.39 is 41.5 Å². The van der Waals surface area contributed by atoms with Crippen molar-refractivity contribution in [3.8, 4) is 11.5 Å². The van der Waals surface area contributed by atoms with Crippen LogP contribution in [0, 0.1) is 0 Å². The largest absolute Gasteiger partial charge is 0.486 e. The first-order valence-corrected chi connectivity index (χ1v) is 7.76. The number of carbonyl (C=O) groups is 1. The molecule has 134 valence electrons. The minimum atomic E-state index is -1.52. The molecule has 0 spiro atoms. The van der Waals surface area contributed by atoms with Crippen LogP contribution in [-0.2, 0) is 9.53 Å². The zero-order valence-corrected chi connectivity index (χ0v) is 13.4. The van der Waals surface area contributed by atoms with Crippen LogP contribution in [0.2, 0.25) is 0 Å². The predicted octanol–water partition coefficient (Wildman–Crippen LogP) is -1.58. The topological polar surface area (TPSA) is 131 Å². The zero-order chi connectivity index (χ0) is 17.9. The maximum Gasteiger partial charge on any atom is 0.275 e. The first kappa shape index (κ1) is 18.4. The minimum absolute atomic E-state index is 0.195. The van der Waals surface area contributed by atoms with Gasteiger partial charge in [0.25, 0.3) is 10.9 Å². The first-order valence-electron chi connectivity index (χ1n) is 7.76. The van der Waals surface area contributed by atoms with E-state index in [1.807, 2.05) is 6.92 Å². The van der Waals surface area contributed by atoms with Crippen LogP contribution >= 0.6 is 0 Å². The van der Waals surface area contributed by atoms with E-state index in [4.69, 9.17) is 14.2 Å². The summed E-state index contributed by atoms with van der Waals surface area (Å²) < 4.78 is 15.9. The molecule has 9 nitrogen and oxygen atoms in total. The van der Waals surface area contributed by atoms with E-state index in [2.05, 4.69) is 5.32 Å². The fourth-order valence-corrected chi connectivity index (χ4v) is 2.46. The Morgan fingerprint density at radius 1 is 1.21 bits per heavy atom. The van der Waals surface area contributed by atoms with Crippen LogP contribution < -0.4 is 25.6 Å². The van der Waals surface area contributed by atoms with Crippen molar-refractivity contribution in [3.05, 3.63) is 20.4 Å². The Hall–Kier alpha value is -1.97. The van der Waals surface area contributed by atoms with E-state index in [-0.39, 0.29) is 18.1 Å². The maximum atomic E-state index is 11.6. The number of hydrogen-bond acceptors (Lipinski definition) is 8. The maximum absolute atomic E-state index is 11.6. The zero-order valence-electron chi connectivity index (χ0n) is 13.4. The lowest BCUT2D eigenvalue weighted by molar-refractivity contribution is -0.242. The lowest BCUT2D eigenvalue weighted by Crippen LogP contribution is -2.63. The Balaban J connectivity index is 2.09. The van der Waals surface area contributed by atoms with Crippen LogP contribution in [0.25, 0.3) is 0 Å². The SMILES string of the molecule is CCCCOc1c(O[C@H]2O[C@H](C)[C@@H](NC=O)[C@H](O)[C@@H]2O)c(=O)c1=O. The van der Waals surface area contributed by atoms with Crippen molar-refractivity contribution in [2.75, 3.05) is 6.61 Å². The summed E-state index contributed by atoms with van der Waals surface area (Å²) in [6.45, 7) is 3.77. The van der Waals surface area contributed by atoms with E-state index >= 15 is 0 Å². The molecule has 1 saturated heterocycles. The number of hydrogen-bond donors (Lipinski definition) is 3. The Morgan fingerprint density at radius 2 is 1.88 bits per heavy atom. The molecule has 1 aromatic carbocycles. The van der Waals surface area contributed by atoms with Gasteiger partial charge in [-0.25, -0.2) is 0 Å². The Bertz CT molecular complexity index is 638. The van der Waals surface area contributed by atoms with Gasteiger partial charge in [0.15, 0.2) is 0 Å². The molecule has 3 N–H and O–H groups in total. The van der Waals surface area contributed by atoms with Crippen molar-refractivity contribution in [1.29, 1.82) is 0 Å². The third-order valence-corrected chi connectivity index (χ3v) is 3.91. The van der Waals surface area contributed by atoms with Gasteiger partial charge in [-0.1, -0.05) is 13.3 Å². The number of unbranched alkanes of at least 4 members (excludes halogenated alkanes) is 1. The molecule has 2 rings (SSSR count). The molecule has 0 radical (unpaired) electrons. The first-order chi connectivity index (χ1) is 11.4. The van der Waals surface area contributed by atoms with E-state index in [9.17, 15) is 24.6 Å². The number of carbonyl (C=O) groups excluding carboxylic acids is 1. The number of nitrogens with one attached hydrogen (secondary N) is 1. The van der Waals surface area contributed by atoms with Crippen LogP contribution in [-0.4, -0.2) is 53.9 Å². The van der Waals surface area contributed by atoms with E-state index in [1.54, 1.807) is 6.92 Å². The molecule has 24 heavy (non-hydrogen) atoms. The van der Waals surface area contributed by atoms with Gasteiger partial charge < -0.3 is 29.7 Å². The van der Waals surface area contributed by atoms with Gasteiger partial charge in [-0.15, -0.1) is 0 Å². The van der Waals surface area contributed by atoms with Gasteiger partial charge in [-0.2, -0.15) is 0 Å². The molecule has 0 aliphatic carbocycles. The fraction of sp³-hybridized carbons (Fsp3) is 0.667. The number of aliphatic hydroxyl groups is 2. The summed E-state index contributed by atoms with van der Waals surface area (Å²) in [7, 11) is 0. The summed E-state index contributed by atoms with van der Waals surface area (Å²) in [5.41, 5.74) is -1.66.